The van der Waals surface area contributed by atoms with Crippen LogP contribution in [0.2, 0.25) is 0 Å². The minimum Gasteiger partial charge on any atom is -0.366 e. The van der Waals surface area contributed by atoms with Gasteiger partial charge in [-0.1, -0.05) is 0 Å². The Hall–Kier alpha value is -2.83. The van der Waals surface area contributed by atoms with Crippen LogP contribution < -0.4 is 10.6 Å². The summed E-state index contributed by atoms with van der Waals surface area (Å²) < 4.78 is 41.5. The van der Waals surface area contributed by atoms with Crippen LogP contribution in [0.3, 0.4) is 0 Å². The van der Waals surface area contributed by atoms with Crippen LogP contribution in [0.15, 0.2) is 12.4 Å². The van der Waals surface area contributed by atoms with Gasteiger partial charge in [0.1, 0.15) is 16.9 Å². The Morgan fingerprint density at radius 2 is 1.93 bits per heavy atom. The number of hydrogen-bond donors (Lipinski definition) is 2. The molecule has 148 valence electrons. The van der Waals surface area contributed by atoms with E-state index >= 15 is 0 Å². The number of aryl methyl sites for hydroxylation is 1. The van der Waals surface area contributed by atoms with Crippen LogP contribution in [0.1, 0.15) is 37.9 Å². The molecule has 0 atom stereocenters. The van der Waals surface area contributed by atoms with Crippen molar-refractivity contribution in [1.29, 1.82) is 5.26 Å². The van der Waals surface area contributed by atoms with Gasteiger partial charge < -0.3 is 10.6 Å². The summed E-state index contributed by atoms with van der Waals surface area (Å²) >= 11 is 0. The van der Waals surface area contributed by atoms with Crippen molar-refractivity contribution in [2.45, 2.75) is 51.4 Å². The van der Waals surface area contributed by atoms with Gasteiger partial charge in [0.25, 0.3) is 0 Å². The van der Waals surface area contributed by atoms with Crippen LogP contribution in [0.4, 0.5) is 30.6 Å². The van der Waals surface area contributed by atoms with Gasteiger partial charge in [0.2, 0.25) is 5.95 Å². The summed E-state index contributed by atoms with van der Waals surface area (Å²) in [5.74, 6) is 0.713. The monoisotopic (exact) mass is 391 g/mol. The van der Waals surface area contributed by atoms with E-state index in [0.29, 0.717) is 23.2 Å². The molecule has 3 aliphatic rings. The zero-order valence-corrected chi connectivity index (χ0v) is 15.7. The molecule has 0 unspecified atom stereocenters. The predicted molar refractivity (Wildman–Crippen MR) is 95.8 cm³/mol. The molecule has 3 saturated carbocycles. The number of anilines is 3. The molecule has 5 rings (SSSR count). The van der Waals surface area contributed by atoms with E-state index in [9.17, 15) is 18.4 Å². The van der Waals surface area contributed by atoms with E-state index in [0.717, 1.165) is 19.0 Å². The van der Waals surface area contributed by atoms with Crippen LogP contribution in [0.5, 0.6) is 0 Å². The molecule has 10 heteroatoms. The standard InChI is InChI=1S/C18H20F3N7/c1-9-13(7-28(27-9)17(2,3)8-22)24-16-23-6-12(18(19,20)21)15(26-16)25-14-10-4-11(14)5-10/h6-7,10-11,14H,4-5H2,1-3H3,(H2,23,24,25,26). The fraction of sp³-hybridized carbons (Fsp3) is 0.556. The molecule has 0 spiro atoms. The second-order valence-corrected chi connectivity index (χ2v) is 7.98. The molecule has 2 N–H and O–H groups in total. The second-order valence-electron chi connectivity index (χ2n) is 7.98. The molecular formula is C18H20F3N7. The highest BCUT2D eigenvalue weighted by Gasteiger charge is 2.53. The van der Waals surface area contributed by atoms with Crippen LogP contribution in [-0.2, 0) is 11.7 Å². The number of hydrogen-bond acceptors (Lipinski definition) is 6. The largest absolute Gasteiger partial charge is 0.421 e. The molecular weight excluding hydrogens is 371 g/mol. The van der Waals surface area contributed by atoms with Gasteiger partial charge in [0.05, 0.1) is 23.6 Å². The van der Waals surface area contributed by atoms with Gasteiger partial charge >= 0.3 is 6.18 Å². The minimum absolute atomic E-state index is 0.0425. The van der Waals surface area contributed by atoms with Crippen molar-refractivity contribution in [3.05, 3.63) is 23.7 Å². The van der Waals surface area contributed by atoms with Crippen LogP contribution in [-0.4, -0.2) is 25.8 Å². The summed E-state index contributed by atoms with van der Waals surface area (Å²) in [6, 6.07) is 2.20. The molecule has 2 aromatic heterocycles. The highest BCUT2D eigenvalue weighted by molar-refractivity contribution is 5.58. The van der Waals surface area contributed by atoms with Gasteiger partial charge in [0.15, 0.2) is 0 Å². The van der Waals surface area contributed by atoms with Gasteiger partial charge in [-0.2, -0.15) is 28.5 Å². The van der Waals surface area contributed by atoms with Crippen molar-refractivity contribution in [3.8, 4) is 6.07 Å². The molecule has 2 bridgehead atoms. The fourth-order valence-electron chi connectivity index (χ4n) is 3.48. The molecule has 0 amide bonds. The van der Waals surface area contributed by atoms with Crippen molar-refractivity contribution >= 4 is 17.5 Å². The van der Waals surface area contributed by atoms with E-state index in [2.05, 4.69) is 31.8 Å². The van der Waals surface area contributed by atoms with E-state index < -0.39 is 17.3 Å². The highest BCUT2D eigenvalue weighted by Crippen LogP contribution is 2.54. The second kappa shape index (κ2) is 6.09. The molecule has 0 radical (unpaired) electrons. The number of aromatic nitrogens is 4. The third kappa shape index (κ3) is 3.04. The number of nitrogens with zero attached hydrogens (tertiary/aromatic N) is 5. The first-order valence-corrected chi connectivity index (χ1v) is 9.04. The molecule has 0 aliphatic heterocycles. The van der Waals surface area contributed by atoms with Crippen molar-refractivity contribution in [2.24, 2.45) is 11.8 Å². The smallest absolute Gasteiger partial charge is 0.366 e. The molecule has 0 aromatic carbocycles. The normalized spacial score (nSPS) is 23.4. The van der Waals surface area contributed by atoms with E-state index in [1.807, 2.05) is 0 Å². The quantitative estimate of drug-likeness (QED) is 0.805. The zero-order chi connectivity index (χ0) is 20.3. The first kappa shape index (κ1) is 18.5. The summed E-state index contributed by atoms with van der Waals surface area (Å²) in [5, 5.41) is 19.4. The third-order valence-electron chi connectivity index (χ3n) is 5.62. The molecule has 28 heavy (non-hydrogen) atoms. The van der Waals surface area contributed by atoms with E-state index in [-0.39, 0.29) is 17.8 Å². The zero-order valence-electron chi connectivity index (χ0n) is 15.7. The van der Waals surface area contributed by atoms with Crippen LogP contribution >= 0.6 is 0 Å². The van der Waals surface area contributed by atoms with Gasteiger partial charge in [-0.15, -0.1) is 0 Å². The number of halogens is 3. The van der Waals surface area contributed by atoms with Gasteiger partial charge in [-0.3, -0.25) is 4.68 Å². The number of alkyl halides is 3. The lowest BCUT2D eigenvalue weighted by atomic mass is 9.52. The predicted octanol–water partition coefficient (Wildman–Crippen LogP) is 3.82. The summed E-state index contributed by atoms with van der Waals surface area (Å²) in [5.41, 5.74) is -0.617. The first-order chi connectivity index (χ1) is 13.1. The summed E-state index contributed by atoms with van der Waals surface area (Å²) in [7, 11) is 0. The van der Waals surface area contributed by atoms with Crippen LogP contribution in [0.25, 0.3) is 0 Å². The van der Waals surface area contributed by atoms with Gasteiger partial charge in [-0.05, 0) is 45.4 Å². The Morgan fingerprint density at radius 1 is 1.25 bits per heavy atom. The summed E-state index contributed by atoms with van der Waals surface area (Å²) in [4.78, 5) is 7.92. The van der Waals surface area contributed by atoms with Crippen molar-refractivity contribution in [1.82, 2.24) is 19.7 Å². The maximum absolute atomic E-state index is 13.3. The summed E-state index contributed by atoms with van der Waals surface area (Å²) in [6.07, 6.45) is 0.0195. The van der Waals surface area contributed by atoms with Crippen molar-refractivity contribution in [3.63, 3.8) is 0 Å². The lowest BCUT2D eigenvalue weighted by molar-refractivity contribution is -0.137. The average Bonchev–Trinajstić information content (AvgIpc) is 2.91. The topological polar surface area (TPSA) is 91.5 Å². The fourth-order valence-corrected chi connectivity index (χ4v) is 3.48. The lowest BCUT2D eigenvalue weighted by Crippen LogP contribution is -2.59. The Balaban J connectivity index is 1.61. The maximum Gasteiger partial charge on any atom is 0.421 e. The van der Waals surface area contributed by atoms with E-state index in [4.69, 9.17) is 0 Å². The Labute approximate surface area is 160 Å². The third-order valence-corrected chi connectivity index (χ3v) is 5.62. The Kier molecular flexibility index (Phi) is 4.03. The Bertz CT molecular complexity index is 943. The number of rotatable bonds is 5. The molecule has 2 heterocycles. The molecule has 3 fully saturated rings. The van der Waals surface area contributed by atoms with Crippen molar-refractivity contribution in [2.75, 3.05) is 10.6 Å². The minimum atomic E-state index is -4.54. The Morgan fingerprint density at radius 3 is 2.46 bits per heavy atom. The first-order valence-electron chi connectivity index (χ1n) is 9.04. The number of nitrogens with one attached hydrogen (secondary N) is 2. The van der Waals surface area contributed by atoms with E-state index in [1.165, 1.54) is 4.68 Å². The van der Waals surface area contributed by atoms with E-state index in [1.54, 1.807) is 27.0 Å². The molecule has 7 nitrogen and oxygen atoms in total. The molecule has 3 aliphatic carbocycles. The van der Waals surface area contributed by atoms with Crippen LogP contribution in [0, 0.1) is 30.1 Å². The lowest BCUT2D eigenvalue weighted by Gasteiger charge is -2.58. The number of nitriles is 1. The maximum atomic E-state index is 13.3. The van der Waals surface area contributed by atoms with Gasteiger partial charge in [-0.25, -0.2) is 4.98 Å². The van der Waals surface area contributed by atoms with Crippen molar-refractivity contribution < 1.29 is 13.2 Å². The van der Waals surface area contributed by atoms with Gasteiger partial charge in [0, 0.05) is 12.2 Å². The average molecular weight is 391 g/mol. The molecule has 0 saturated heterocycles. The highest BCUT2D eigenvalue weighted by atomic mass is 19.4. The summed E-state index contributed by atoms with van der Waals surface area (Å²) in [6.45, 7) is 5.16. The molecule has 2 aromatic rings. The SMILES string of the molecule is Cc1nn(C(C)(C)C#N)cc1Nc1ncc(C(F)(F)F)c(NC2C3CC2C3)n1.